The fraction of sp³-hybridized carbons (Fsp3) is 0.286. The summed E-state index contributed by atoms with van der Waals surface area (Å²) in [6.07, 6.45) is 0. The predicted octanol–water partition coefficient (Wildman–Crippen LogP) is 2.27. The molecule has 0 heterocycles. The van der Waals surface area contributed by atoms with Gasteiger partial charge in [-0.1, -0.05) is 17.7 Å². The Morgan fingerprint density at radius 2 is 1.69 bits per heavy atom. The van der Waals surface area contributed by atoms with Gasteiger partial charge < -0.3 is 24.4 Å². The van der Waals surface area contributed by atoms with Crippen molar-refractivity contribution in [2.24, 2.45) is 0 Å². The van der Waals surface area contributed by atoms with E-state index in [1.165, 1.54) is 32.2 Å². The molecule has 2 rings (SSSR count). The van der Waals surface area contributed by atoms with E-state index in [1.807, 2.05) is 19.1 Å². The Labute approximate surface area is 169 Å². The number of esters is 1. The number of carbonyl (C=O) groups is 3. The number of benzene rings is 2. The molecule has 0 saturated heterocycles. The largest absolute Gasteiger partial charge is 0.497 e. The van der Waals surface area contributed by atoms with Crippen LogP contribution >= 0.6 is 0 Å². The topological polar surface area (TPSA) is 94.2 Å². The number of ether oxygens (including phenoxy) is 3. The van der Waals surface area contributed by atoms with Crippen LogP contribution in [0, 0.1) is 6.92 Å². The van der Waals surface area contributed by atoms with Gasteiger partial charge in [0.25, 0.3) is 5.91 Å². The van der Waals surface area contributed by atoms with Crippen molar-refractivity contribution in [1.82, 2.24) is 4.90 Å². The molecule has 0 aliphatic rings. The molecule has 2 aromatic rings. The minimum atomic E-state index is -0.713. The lowest BCUT2D eigenvalue weighted by molar-refractivity contribution is -0.136. The second-order valence-corrected chi connectivity index (χ2v) is 6.31. The molecule has 0 fully saturated rings. The molecule has 0 saturated carbocycles. The van der Waals surface area contributed by atoms with Gasteiger partial charge in [-0.25, -0.2) is 4.79 Å². The van der Waals surface area contributed by atoms with Gasteiger partial charge in [0, 0.05) is 18.8 Å². The van der Waals surface area contributed by atoms with Crippen LogP contribution in [0.25, 0.3) is 0 Å². The summed E-state index contributed by atoms with van der Waals surface area (Å²) >= 11 is 0. The number of hydrogen-bond acceptors (Lipinski definition) is 6. The number of aryl methyl sites for hydroxylation is 1. The fourth-order valence-corrected chi connectivity index (χ4v) is 2.42. The lowest BCUT2D eigenvalue weighted by Crippen LogP contribution is -2.37. The highest BCUT2D eigenvalue weighted by Crippen LogP contribution is 2.25. The summed E-state index contributed by atoms with van der Waals surface area (Å²) in [5.41, 5.74) is 1.88. The third kappa shape index (κ3) is 6.24. The molecular formula is C21H24N2O6. The van der Waals surface area contributed by atoms with Crippen molar-refractivity contribution >= 4 is 23.5 Å². The zero-order valence-corrected chi connectivity index (χ0v) is 16.9. The lowest BCUT2D eigenvalue weighted by atomic mass is 10.2. The Hall–Kier alpha value is -3.55. The van der Waals surface area contributed by atoms with Crippen LogP contribution in [-0.4, -0.2) is 57.1 Å². The Kier molecular flexibility index (Phi) is 7.59. The smallest absolute Gasteiger partial charge is 0.342 e. The highest BCUT2D eigenvalue weighted by Gasteiger charge is 2.19. The highest BCUT2D eigenvalue weighted by atomic mass is 16.5. The molecule has 8 heteroatoms. The maximum Gasteiger partial charge on any atom is 0.342 e. The summed E-state index contributed by atoms with van der Waals surface area (Å²) in [7, 11) is 4.37. The number of rotatable bonds is 8. The zero-order chi connectivity index (χ0) is 21.4. The van der Waals surface area contributed by atoms with Crippen LogP contribution in [0.2, 0.25) is 0 Å². The summed E-state index contributed by atoms with van der Waals surface area (Å²) in [5.74, 6) is -0.783. The van der Waals surface area contributed by atoms with Gasteiger partial charge in [0.1, 0.15) is 17.1 Å². The molecule has 0 radical (unpaired) electrons. The van der Waals surface area contributed by atoms with Crippen LogP contribution < -0.4 is 14.8 Å². The van der Waals surface area contributed by atoms with E-state index >= 15 is 0 Å². The summed E-state index contributed by atoms with van der Waals surface area (Å²) in [5, 5.41) is 2.70. The average Bonchev–Trinajstić information content (AvgIpc) is 2.72. The van der Waals surface area contributed by atoms with Crippen LogP contribution in [0.5, 0.6) is 11.5 Å². The number of likely N-dealkylation sites (N-methyl/N-ethyl adjacent to an activating group) is 1. The minimum absolute atomic E-state index is 0.167. The number of amides is 2. The quantitative estimate of drug-likeness (QED) is 0.683. The number of hydrogen-bond donors (Lipinski definition) is 1. The molecule has 0 unspecified atom stereocenters. The van der Waals surface area contributed by atoms with Crippen molar-refractivity contribution in [2.45, 2.75) is 6.92 Å². The van der Waals surface area contributed by atoms with Crippen LogP contribution in [0.4, 0.5) is 5.69 Å². The van der Waals surface area contributed by atoms with Crippen molar-refractivity contribution in [2.75, 3.05) is 39.7 Å². The molecule has 0 atom stereocenters. The minimum Gasteiger partial charge on any atom is -0.497 e. The predicted molar refractivity (Wildman–Crippen MR) is 107 cm³/mol. The first kappa shape index (κ1) is 21.7. The van der Waals surface area contributed by atoms with E-state index in [9.17, 15) is 14.4 Å². The Bertz CT molecular complexity index is 879. The maximum atomic E-state index is 12.2. The zero-order valence-electron chi connectivity index (χ0n) is 16.9. The van der Waals surface area contributed by atoms with Crippen LogP contribution in [0.1, 0.15) is 15.9 Å². The second-order valence-electron chi connectivity index (χ2n) is 6.31. The van der Waals surface area contributed by atoms with Gasteiger partial charge in [-0.05, 0) is 31.2 Å². The number of carbonyl (C=O) groups excluding carboxylic acids is 3. The SMILES string of the molecule is COc1ccc(C(=O)OCC(=O)N(C)CC(=O)Nc2ccc(C)cc2)c(OC)c1. The van der Waals surface area contributed by atoms with Gasteiger partial charge in [-0.2, -0.15) is 0 Å². The molecule has 1 N–H and O–H groups in total. The molecule has 154 valence electrons. The first-order chi connectivity index (χ1) is 13.8. The van der Waals surface area contributed by atoms with E-state index in [1.54, 1.807) is 24.3 Å². The molecule has 0 spiro atoms. The Balaban J connectivity index is 1.87. The maximum absolute atomic E-state index is 12.2. The van der Waals surface area contributed by atoms with E-state index < -0.39 is 18.5 Å². The van der Waals surface area contributed by atoms with Crippen LogP contribution in [-0.2, 0) is 14.3 Å². The molecule has 29 heavy (non-hydrogen) atoms. The average molecular weight is 400 g/mol. The van der Waals surface area contributed by atoms with Crippen molar-refractivity contribution in [3.05, 3.63) is 53.6 Å². The molecular weight excluding hydrogens is 376 g/mol. The summed E-state index contributed by atoms with van der Waals surface area (Å²) in [4.78, 5) is 37.7. The number of methoxy groups -OCH3 is 2. The van der Waals surface area contributed by atoms with Gasteiger partial charge in [0.2, 0.25) is 5.91 Å². The molecule has 0 aliphatic carbocycles. The first-order valence-corrected chi connectivity index (χ1v) is 8.83. The molecule has 2 amide bonds. The van der Waals surface area contributed by atoms with E-state index in [0.717, 1.165) is 5.56 Å². The van der Waals surface area contributed by atoms with E-state index in [0.29, 0.717) is 11.4 Å². The number of anilines is 1. The first-order valence-electron chi connectivity index (χ1n) is 8.83. The summed E-state index contributed by atoms with van der Waals surface area (Å²) in [6, 6.07) is 11.9. The molecule has 0 bridgehead atoms. The highest BCUT2D eigenvalue weighted by molar-refractivity contribution is 5.96. The van der Waals surface area contributed by atoms with Gasteiger partial charge in [-0.3, -0.25) is 9.59 Å². The van der Waals surface area contributed by atoms with E-state index in [2.05, 4.69) is 5.32 Å². The van der Waals surface area contributed by atoms with Gasteiger partial charge >= 0.3 is 5.97 Å². The molecule has 8 nitrogen and oxygen atoms in total. The fourth-order valence-electron chi connectivity index (χ4n) is 2.42. The lowest BCUT2D eigenvalue weighted by Gasteiger charge is -2.17. The van der Waals surface area contributed by atoms with Gasteiger partial charge in [0.15, 0.2) is 6.61 Å². The standard InChI is InChI=1S/C21H24N2O6/c1-14-5-7-15(8-6-14)22-19(24)12-23(2)20(25)13-29-21(26)17-10-9-16(27-3)11-18(17)28-4/h5-11H,12-13H2,1-4H3,(H,22,24). The molecule has 2 aromatic carbocycles. The monoisotopic (exact) mass is 400 g/mol. The second kappa shape index (κ2) is 10.1. The van der Waals surface area contributed by atoms with Gasteiger partial charge in [0.05, 0.1) is 20.8 Å². The van der Waals surface area contributed by atoms with Crippen molar-refractivity contribution < 1.29 is 28.6 Å². The molecule has 0 aliphatic heterocycles. The third-order valence-electron chi connectivity index (χ3n) is 4.10. The van der Waals surface area contributed by atoms with Crippen molar-refractivity contribution in [3.63, 3.8) is 0 Å². The summed E-state index contributed by atoms with van der Waals surface area (Å²) in [6.45, 7) is 1.28. The van der Waals surface area contributed by atoms with Crippen molar-refractivity contribution in [3.8, 4) is 11.5 Å². The van der Waals surface area contributed by atoms with Crippen molar-refractivity contribution in [1.29, 1.82) is 0 Å². The summed E-state index contributed by atoms with van der Waals surface area (Å²) < 4.78 is 15.3. The Morgan fingerprint density at radius 3 is 2.31 bits per heavy atom. The molecule has 0 aromatic heterocycles. The van der Waals surface area contributed by atoms with Crippen LogP contribution in [0.15, 0.2) is 42.5 Å². The number of nitrogens with zero attached hydrogens (tertiary/aromatic N) is 1. The number of nitrogens with one attached hydrogen (secondary N) is 1. The Morgan fingerprint density at radius 1 is 1.00 bits per heavy atom. The van der Waals surface area contributed by atoms with E-state index in [4.69, 9.17) is 14.2 Å². The normalized spacial score (nSPS) is 10.1. The third-order valence-corrected chi connectivity index (χ3v) is 4.10. The van der Waals surface area contributed by atoms with Gasteiger partial charge in [-0.15, -0.1) is 0 Å². The van der Waals surface area contributed by atoms with Crippen LogP contribution in [0.3, 0.4) is 0 Å². The van der Waals surface area contributed by atoms with E-state index in [-0.39, 0.29) is 23.8 Å².